The summed E-state index contributed by atoms with van der Waals surface area (Å²) in [7, 11) is 0. The third-order valence-electron chi connectivity index (χ3n) is 2.40. The Hall–Kier alpha value is -0.940. The van der Waals surface area contributed by atoms with Crippen molar-refractivity contribution < 1.29 is 9.53 Å². The first kappa shape index (κ1) is 16.4. The molecule has 2 aromatic rings. The van der Waals surface area contributed by atoms with Crippen molar-refractivity contribution in [2.24, 2.45) is 0 Å². The van der Waals surface area contributed by atoms with Crippen molar-refractivity contribution in [2.45, 2.75) is 0 Å². The number of carbonyl (C=O) groups excluding carboxylic acids is 1. The summed E-state index contributed by atoms with van der Waals surface area (Å²) < 4.78 is 6.19. The van der Waals surface area contributed by atoms with E-state index in [1.807, 2.05) is 0 Å². The lowest BCUT2D eigenvalue weighted by atomic mass is 10.3. The molecule has 1 N–H and O–H groups in total. The van der Waals surface area contributed by atoms with Gasteiger partial charge in [-0.2, -0.15) is 0 Å². The maximum absolute atomic E-state index is 11.8. The molecule has 0 unspecified atom stereocenters. The van der Waals surface area contributed by atoms with E-state index >= 15 is 0 Å². The Morgan fingerprint density at radius 3 is 2.38 bits per heavy atom. The molecule has 0 heterocycles. The van der Waals surface area contributed by atoms with Crippen LogP contribution in [0.2, 0.25) is 15.1 Å². The fourth-order valence-corrected chi connectivity index (χ4v) is 2.81. The summed E-state index contributed by atoms with van der Waals surface area (Å²) in [4.78, 5) is 11.8. The van der Waals surface area contributed by atoms with Crippen molar-refractivity contribution in [2.75, 3.05) is 11.9 Å². The maximum Gasteiger partial charge on any atom is 0.262 e. The number of amides is 1. The van der Waals surface area contributed by atoms with Crippen LogP contribution in [-0.2, 0) is 4.79 Å². The van der Waals surface area contributed by atoms with Gasteiger partial charge in [0, 0.05) is 20.2 Å². The second-order valence-corrected chi connectivity index (χ2v) is 6.27. The highest BCUT2D eigenvalue weighted by molar-refractivity contribution is 9.10. The van der Waals surface area contributed by atoms with Crippen LogP contribution >= 0.6 is 50.7 Å². The number of benzene rings is 2. The Kier molecular flexibility index (Phi) is 5.76. The summed E-state index contributed by atoms with van der Waals surface area (Å²) in [5.74, 6) is 0.0893. The highest BCUT2D eigenvalue weighted by Gasteiger charge is 2.08. The Morgan fingerprint density at radius 2 is 1.76 bits per heavy atom. The summed E-state index contributed by atoms with van der Waals surface area (Å²) >= 11 is 21.0. The number of anilines is 1. The second kappa shape index (κ2) is 7.36. The first-order valence-electron chi connectivity index (χ1n) is 5.78. The molecule has 0 fully saturated rings. The van der Waals surface area contributed by atoms with Crippen molar-refractivity contribution in [3.63, 3.8) is 0 Å². The molecule has 0 saturated carbocycles. The van der Waals surface area contributed by atoms with Crippen LogP contribution < -0.4 is 10.1 Å². The average molecular weight is 409 g/mol. The van der Waals surface area contributed by atoms with Crippen molar-refractivity contribution >= 4 is 62.3 Å². The Bertz CT molecular complexity index is 659. The maximum atomic E-state index is 11.8. The van der Waals surface area contributed by atoms with Gasteiger partial charge in [0.2, 0.25) is 0 Å². The van der Waals surface area contributed by atoms with Gasteiger partial charge in [0.15, 0.2) is 6.61 Å². The summed E-state index contributed by atoms with van der Waals surface area (Å²) in [6.45, 7) is -0.175. The molecule has 0 bridgehead atoms. The highest BCUT2D eigenvalue weighted by Crippen LogP contribution is 2.27. The van der Waals surface area contributed by atoms with Crippen LogP contribution in [0, 0.1) is 0 Å². The lowest BCUT2D eigenvalue weighted by Gasteiger charge is -2.09. The largest absolute Gasteiger partial charge is 0.482 e. The lowest BCUT2D eigenvalue weighted by molar-refractivity contribution is -0.118. The molecule has 3 nitrogen and oxygen atoms in total. The molecule has 0 radical (unpaired) electrons. The van der Waals surface area contributed by atoms with Crippen LogP contribution in [0.1, 0.15) is 0 Å². The predicted octanol–water partition coefficient (Wildman–Crippen LogP) is 5.43. The minimum absolute atomic E-state index is 0.175. The molecule has 1 amide bonds. The van der Waals surface area contributed by atoms with E-state index < -0.39 is 0 Å². The van der Waals surface area contributed by atoms with E-state index in [4.69, 9.17) is 39.5 Å². The molecule has 7 heteroatoms. The van der Waals surface area contributed by atoms with Gasteiger partial charge < -0.3 is 10.1 Å². The van der Waals surface area contributed by atoms with Gasteiger partial charge >= 0.3 is 0 Å². The van der Waals surface area contributed by atoms with Gasteiger partial charge in [-0.15, -0.1) is 0 Å². The number of nitrogens with one attached hydrogen (secondary N) is 1. The normalized spacial score (nSPS) is 10.3. The molecule has 0 aliphatic carbocycles. The number of ether oxygens (including phenoxy) is 1. The topological polar surface area (TPSA) is 38.3 Å². The number of hydrogen-bond donors (Lipinski definition) is 1. The Balaban J connectivity index is 1.95. The van der Waals surface area contributed by atoms with Gasteiger partial charge in [-0.1, -0.05) is 50.7 Å². The molecule has 0 aromatic heterocycles. The fourth-order valence-electron chi connectivity index (χ4n) is 1.56. The summed E-state index contributed by atoms with van der Waals surface area (Å²) in [6.07, 6.45) is 0. The van der Waals surface area contributed by atoms with Crippen molar-refractivity contribution in [1.82, 2.24) is 0 Å². The molecule has 110 valence electrons. The average Bonchev–Trinajstić information content (AvgIpc) is 2.36. The monoisotopic (exact) mass is 407 g/mol. The molecule has 0 aliphatic heterocycles. The Morgan fingerprint density at radius 1 is 1.10 bits per heavy atom. The quantitative estimate of drug-likeness (QED) is 0.732. The molecule has 21 heavy (non-hydrogen) atoms. The number of halogens is 4. The van der Waals surface area contributed by atoms with Gasteiger partial charge in [-0.05, 0) is 36.4 Å². The van der Waals surface area contributed by atoms with E-state index in [0.29, 0.717) is 26.5 Å². The number of rotatable bonds is 4. The second-order valence-electron chi connectivity index (χ2n) is 4.07. The Labute approximate surface area is 145 Å². The predicted molar refractivity (Wildman–Crippen MR) is 89.7 cm³/mol. The van der Waals surface area contributed by atoms with Crippen LogP contribution in [-0.4, -0.2) is 12.5 Å². The van der Waals surface area contributed by atoms with E-state index in [0.717, 1.165) is 4.47 Å². The lowest BCUT2D eigenvalue weighted by Crippen LogP contribution is -2.20. The minimum atomic E-state index is -0.340. The molecule has 2 rings (SSSR count). The third kappa shape index (κ3) is 5.08. The molecule has 0 aliphatic rings. The minimum Gasteiger partial charge on any atom is -0.482 e. The van der Waals surface area contributed by atoms with E-state index in [2.05, 4.69) is 21.2 Å². The van der Waals surface area contributed by atoms with Gasteiger partial charge in [0.05, 0.1) is 5.02 Å². The van der Waals surface area contributed by atoms with Gasteiger partial charge in [-0.25, -0.2) is 0 Å². The van der Waals surface area contributed by atoms with Gasteiger partial charge in [-0.3, -0.25) is 4.79 Å². The first-order valence-corrected chi connectivity index (χ1v) is 7.70. The summed E-state index contributed by atoms with van der Waals surface area (Å²) in [6, 6.07) is 9.91. The van der Waals surface area contributed by atoms with Gasteiger partial charge in [0.25, 0.3) is 5.91 Å². The third-order valence-corrected chi connectivity index (χ3v) is 3.62. The molecule has 0 saturated heterocycles. The smallest absolute Gasteiger partial charge is 0.262 e. The number of hydrogen-bond acceptors (Lipinski definition) is 2. The zero-order valence-corrected chi connectivity index (χ0v) is 14.4. The van der Waals surface area contributed by atoms with E-state index in [9.17, 15) is 4.79 Å². The summed E-state index contributed by atoms with van der Waals surface area (Å²) in [5, 5.41) is 3.94. The fraction of sp³-hybridized carbons (Fsp3) is 0.0714. The summed E-state index contributed by atoms with van der Waals surface area (Å²) in [5.41, 5.74) is 0.503. The molecule has 0 spiro atoms. The van der Waals surface area contributed by atoms with Crippen molar-refractivity contribution in [3.05, 3.63) is 55.9 Å². The zero-order chi connectivity index (χ0) is 15.4. The van der Waals surface area contributed by atoms with Crippen LogP contribution in [0.3, 0.4) is 0 Å². The first-order chi connectivity index (χ1) is 9.94. The SMILES string of the molecule is O=C(COc1ccc(Br)cc1Cl)Nc1cc(Cl)cc(Cl)c1. The van der Waals surface area contributed by atoms with Gasteiger partial charge in [0.1, 0.15) is 5.75 Å². The molecule has 2 aromatic carbocycles. The molecular formula is C14H9BrCl3NO2. The zero-order valence-electron chi connectivity index (χ0n) is 10.5. The van der Waals surface area contributed by atoms with Crippen LogP contribution in [0.4, 0.5) is 5.69 Å². The van der Waals surface area contributed by atoms with Crippen LogP contribution in [0.5, 0.6) is 5.75 Å². The standard InChI is InChI=1S/C14H9BrCl3NO2/c15-8-1-2-13(12(18)3-8)21-7-14(20)19-11-5-9(16)4-10(17)6-11/h1-6H,7H2,(H,19,20). The van der Waals surface area contributed by atoms with Crippen molar-refractivity contribution in [3.8, 4) is 5.75 Å². The van der Waals surface area contributed by atoms with Crippen LogP contribution in [0.15, 0.2) is 40.9 Å². The van der Waals surface area contributed by atoms with E-state index in [1.165, 1.54) is 0 Å². The molecular weight excluding hydrogens is 400 g/mol. The molecule has 0 atom stereocenters. The van der Waals surface area contributed by atoms with Crippen molar-refractivity contribution in [1.29, 1.82) is 0 Å². The van der Waals surface area contributed by atoms with Crippen LogP contribution in [0.25, 0.3) is 0 Å². The number of carbonyl (C=O) groups is 1. The van der Waals surface area contributed by atoms with E-state index in [1.54, 1.807) is 36.4 Å². The van der Waals surface area contributed by atoms with E-state index in [-0.39, 0.29) is 12.5 Å². The highest BCUT2D eigenvalue weighted by atomic mass is 79.9.